The van der Waals surface area contributed by atoms with Crippen molar-refractivity contribution in [1.82, 2.24) is 5.32 Å². The van der Waals surface area contributed by atoms with E-state index in [1.54, 1.807) is 0 Å². The van der Waals surface area contributed by atoms with Gasteiger partial charge in [-0.2, -0.15) is 0 Å². The highest BCUT2D eigenvalue weighted by atomic mass is 15.0. The van der Waals surface area contributed by atoms with Crippen molar-refractivity contribution in [2.24, 2.45) is 5.73 Å². The Hall–Kier alpha value is -1.38. The minimum atomic E-state index is 0.103. The van der Waals surface area contributed by atoms with E-state index in [2.05, 4.69) is 48.6 Å². The lowest BCUT2D eigenvalue weighted by molar-refractivity contribution is 0.354. The van der Waals surface area contributed by atoms with Crippen LogP contribution < -0.4 is 11.1 Å². The molecule has 3 rings (SSSR count). The standard InChI is InChI=1S/C17H22N2/c1-12-5-6-14-11-15(8-7-13(14)10-12)17(18)16-4-2-3-9-19-16/h5-8,10-11,16-17,19H,2-4,9,18H2,1H3. The molecule has 2 unspecified atom stereocenters. The molecule has 1 fully saturated rings. The van der Waals surface area contributed by atoms with Gasteiger partial charge in [0.2, 0.25) is 0 Å². The average molecular weight is 254 g/mol. The first-order valence-corrected chi connectivity index (χ1v) is 7.23. The zero-order chi connectivity index (χ0) is 13.2. The molecule has 0 radical (unpaired) electrons. The van der Waals surface area contributed by atoms with Crippen molar-refractivity contribution in [1.29, 1.82) is 0 Å². The Morgan fingerprint density at radius 2 is 1.89 bits per heavy atom. The molecule has 3 N–H and O–H groups in total. The van der Waals surface area contributed by atoms with Gasteiger partial charge in [-0.1, -0.05) is 42.3 Å². The van der Waals surface area contributed by atoms with Gasteiger partial charge in [0.15, 0.2) is 0 Å². The molecule has 0 spiro atoms. The van der Waals surface area contributed by atoms with Gasteiger partial charge in [0.05, 0.1) is 0 Å². The van der Waals surface area contributed by atoms with Gasteiger partial charge in [0, 0.05) is 12.1 Å². The molecule has 2 aromatic rings. The highest BCUT2D eigenvalue weighted by molar-refractivity contribution is 5.83. The number of nitrogens with one attached hydrogen (secondary N) is 1. The van der Waals surface area contributed by atoms with E-state index in [4.69, 9.17) is 5.73 Å². The number of rotatable bonds is 2. The van der Waals surface area contributed by atoms with E-state index in [0.717, 1.165) is 6.54 Å². The monoisotopic (exact) mass is 254 g/mol. The fourth-order valence-electron chi connectivity index (χ4n) is 3.01. The topological polar surface area (TPSA) is 38.0 Å². The Morgan fingerprint density at radius 3 is 2.68 bits per heavy atom. The SMILES string of the molecule is Cc1ccc2cc(C(N)C3CCCCN3)ccc2c1. The van der Waals surface area contributed by atoms with Gasteiger partial charge < -0.3 is 11.1 Å². The second-order valence-corrected chi connectivity index (χ2v) is 5.69. The van der Waals surface area contributed by atoms with Gasteiger partial charge in [0.1, 0.15) is 0 Å². The molecule has 1 heterocycles. The Labute approximate surface area is 115 Å². The number of aryl methyl sites for hydroxylation is 1. The van der Waals surface area contributed by atoms with E-state index in [0.29, 0.717) is 6.04 Å². The van der Waals surface area contributed by atoms with E-state index in [1.807, 2.05) is 0 Å². The van der Waals surface area contributed by atoms with E-state index in [9.17, 15) is 0 Å². The first-order valence-electron chi connectivity index (χ1n) is 7.23. The molecule has 2 atom stereocenters. The zero-order valence-corrected chi connectivity index (χ0v) is 11.5. The number of fused-ring (bicyclic) bond motifs is 1. The van der Waals surface area contributed by atoms with Gasteiger partial charge in [0.25, 0.3) is 0 Å². The molecular weight excluding hydrogens is 232 g/mol. The molecule has 1 saturated heterocycles. The lowest BCUT2D eigenvalue weighted by atomic mass is 9.92. The second kappa shape index (κ2) is 5.32. The third-order valence-electron chi connectivity index (χ3n) is 4.19. The summed E-state index contributed by atoms with van der Waals surface area (Å²) in [5.41, 5.74) is 8.98. The highest BCUT2D eigenvalue weighted by Crippen LogP contribution is 2.25. The van der Waals surface area contributed by atoms with Crippen LogP contribution >= 0.6 is 0 Å². The molecule has 2 heteroatoms. The van der Waals surface area contributed by atoms with Crippen molar-refractivity contribution in [2.75, 3.05) is 6.54 Å². The van der Waals surface area contributed by atoms with Crippen molar-refractivity contribution in [2.45, 2.75) is 38.3 Å². The van der Waals surface area contributed by atoms with Crippen molar-refractivity contribution in [3.63, 3.8) is 0 Å². The second-order valence-electron chi connectivity index (χ2n) is 5.69. The van der Waals surface area contributed by atoms with Crippen LogP contribution in [-0.4, -0.2) is 12.6 Å². The zero-order valence-electron chi connectivity index (χ0n) is 11.5. The molecule has 0 aromatic heterocycles. The number of hydrogen-bond donors (Lipinski definition) is 2. The minimum Gasteiger partial charge on any atom is -0.323 e. The van der Waals surface area contributed by atoms with Crippen LogP contribution in [0, 0.1) is 6.92 Å². The van der Waals surface area contributed by atoms with Crippen LogP contribution in [0.5, 0.6) is 0 Å². The molecule has 100 valence electrons. The Kier molecular flexibility index (Phi) is 3.54. The number of nitrogens with two attached hydrogens (primary N) is 1. The Bertz CT molecular complexity index is 570. The summed E-state index contributed by atoms with van der Waals surface area (Å²) in [5.74, 6) is 0. The lowest BCUT2D eigenvalue weighted by Crippen LogP contribution is -2.42. The van der Waals surface area contributed by atoms with Gasteiger partial charge in [-0.25, -0.2) is 0 Å². The third-order valence-corrected chi connectivity index (χ3v) is 4.19. The highest BCUT2D eigenvalue weighted by Gasteiger charge is 2.21. The summed E-state index contributed by atoms with van der Waals surface area (Å²) in [6.45, 7) is 3.23. The fraction of sp³-hybridized carbons (Fsp3) is 0.412. The van der Waals surface area contributed by atoms with E-state index >= 15 is 0 Å². The molecule has 2 aromatic carbocycles. The molecule has 0 aliphatic carbocycles. The molecular formula is C17H22N2. The van der Waals surface area contributed by atoms with Crippen molar-refractivity contribution in [3.8, 4) is 0 Å². The maximum Gasteiger partial charge on any atom is 0.0451 e. The molecule has 19 heavy (non-hydrogen) atoms. The summed E-state index contributed by atoms with van der Waals surface area (Å²) in [6, 6.07) is 13.7. The summed E-state index contributed by atoms with van der Waals surface area (Å²) in [6.07, 6.45) is 3.76. The molecule has 0 amide bonds. The fourth-order valence-corrected chi connectivity index (χ4v) is 3.01. The summed E-state index contributed by atoms with van der Waals surface area (Å²) in [5, 5.41) is 6.13. The van der Waals surface area contributed by atoms with Gasteiger partial charge in [-0.05, 0) is 48.7 Å². The molecule has 2 nitrogen and oxygen atoms in total. The van der Waals surface area contributed by atoms with Crippen molar-refractivity contribution >= 4 is 10.8 Å². The van der Waals surface area contributed by atoms with Crippen LogP contribution in [0.15, 0.2) is 36.4 Å². The largest absolute Gasteiger partial charge is 0.323 e. The quantitative estimate of drug-likeness (QED) is 0.863. The molecule has 1 aliphatic heterocycles. The summed E-state index contributed by atoms with van der Waals surface area (Å²) >= 11 is 0. The predicted molar refractivity (Wildman–Crippen MR) is 81.3 cm³/mol. The molecule has 0 saturated carbocycles. The average Bonchev–Trinajstić information content (AvgIpc) is 2.47. The number of piperidine rings is 1. The van der Waals surface area contributed by atoms with Crippen molar-refractivity contribution < 1.29 is 0 Å². The third kappa shape index (κ3) is 2.65. The van der Waals surface area contributed by atoms with Crippen LogP contribution in [0.2, 0.25) is 0 Å². The van der Waals surface area contributed by atoms with Gasteiger partial charge in [-0.15, -0.1) is 0 Å². The summed E-state index contributed by atoms with van der Waals surface area (Å²) in [4.78, 5) is 0. The van der Waals surface area contributed by atoms with Gasteiger partial charge in [-0.3, -0.25) is 0 Å². The molecule has 1 aliphatic rings. The van der Waals surface area contributed by atoms with Crippen LogP contribution in [0.4, 0.5) is 0 Å². The first-order chi connectivity index (χ1) is 9.24. The van der Waals surface area contributed by atoms with Crippen LogP contribution in [0.1, 0.15) is 36.4 Å². The van der Waals surface area contributed by atoms with Gasteiger partial charge >= 0.3 is 0 Å². The Morgan fingerprint density at radius 1 is 1.11 bits per heavy atom. The van der Waals surface area contributed by atoms with Crippen LogP contribution in [-0.2, 0) is 0 Å². The maximum absolute atomic E-state index is 6.43. The predicted octanol–water partition coefficient (Wildman–Crippen LogP) is 3.29. The normalized spacial score (nSPS) is 21.5. The summed E-state index contributed by atoms with van der Waals surface area (Å²) < 4.78 is 0. The van der Waals surface area contributed by atoms with E-state index in [1.165, 1.54) is 41.2 Å². The first kappa shape index (κ1) is 12.6. The Balaban J connectivity index is 1.89. The number of hydrogen-bond acceptors (Lipinski definition) is 2. The summed E-state index contributed by atoms with van der Waals surface area (Å²) in [7, 11) is 0. The van der Waals surface area contributed by atoms with Crippen LogP contribution in [0.3, 0.4) is 0 Å². The minimum absolute atomic E-state index is 0.103. The van der Waals surface area contributed by atoms with E-state index in [-0.39, 0.29) is 6.04 Å². The smallest absolute Gasteiger partial charge is 0.0451 e. The number of benzene rings is 2. The van der Waals surface area contributed by atoms with Crippen molar-refractivity contribution in [3.05, 3.63) is 47.5 Å². The maximum atomic E-state index is 6.43. The van der Waals surface area contributed by atoms with E-state index < -0.39 is 0 Å². The van der Waals surface area contributed by atoms with Crippen LogP contribution in [0.25, 0.3) is 10.8 Å². The molecule has 0 bridgehead atoms. The lowest BCUT2D eigenvalue weighted by Gasteiger charge is -2.29.